The van der Waals surface area contributed by atoms with Crippen LogP contribution in [0.25, 0.3) is 6.08 Å². The molecule has 108 valence electrons. The summed E-state index contributed by atoms with van der Waals surface area (Å²) in [5, 5.41) is 12.6. The molecule has 0 unspecified atom stereocenters. The molecule has 0 bridgehead atoms. The number of anilines is 1. The van der Waals surface area contributed by atoms with E-state index in [0.29, 0.717) is 15.7 Å². The van der Waals surface area contributed by atoms with E-state index < -0.39 is 0 Å². The van der Waals surface area contributed by atoms with Crippen LogP contribution >= 0.6 is 22.9 Å². The predicted molar refractivity (Wildman–Crippen MR) is 82.8 cm³/mol. The normalized spacial score (nSPS) is 13.1. The zero-order chi connectivity index (χ0) is 14.8. The lowest BCUT2D eigenvalue weighted by Gasteiger charge is -2.17. The number of carbonyl (C=O) groups is 1. The van der Waals surface area contributed by atoms with Crippen molar-refractivity contribution in [2.24, 2.45) is 0 Å². The maximum atomic E-state index is 12.2. The smallest absolute Gasteiger partial charge is 0.256 e. The molecular weight excluding hydrogens is 310 g/mol. The van der Waals surface area contributed by atoms with Gasteiger partial charge in [0.1, 0.15) is 17.4 Å². The van der Waals surface area contributed by atoms with Crippen LogP contribution in [-0.4, -0.2) is 22.7 Å². The number of amides is 1. The first-order valence-corrected chi connectivity index (χ1v) is 7.62. The first-order chi connectivity index (χ1) is 10.2. The Labute approximate surface area is 130 Å². The summed E-state index contributed by atoms with van der Waals surface area (Å²) in [6.45, 7) is 2.21. The van der Waals surface area contributed by atoms with Crippen LogP contribution in [0.15, 0.2) is 23.8 Å². The fraction of sp³-hybridized carbons (Fsp3) is 0.214. The Kier molecular flexibility index (Phi) is 3.90. The highest BCUT2D eigenvalue weighted by atomic mass is 35.5. The van der Waals surface area contributed by atoms with E-state index in [9.17, 15) is 4.79 Å². The molecule has 2 heterocycles. The topological polar surface area (TPSA) is 64.1 Å². The lowest BCUT2D eigenvalue weighted by molar-refractivity contribution is -0.113. The van der Waals surface area contributed by atoms with E-state index in [0.717, 1.165) is 22.7 Å². The number of hydrogen-bond donors (Lipinski definition) is 1. The van der Waals surface area contributed by atoms with Gasteiger partial charge in [0, 0.05) is 10.6 Å². The number of carbonyl (C=O) groups excluding carboxylic acids is 1. The first kappa shape index (κ1) is 14.0. The minimum absolute atomic E-state index is 0.222. The Balaban J connectivity index is 1.79. The molecule has 1 N–H and O–H groups in total. The van der Waals surface area contributed by atoms with Gasteiger partial charge in [0.2, 0.25) is 5.13 Å². The van der Waals surface area contributed by atoms with Gasteiger partial charge in [-0.3, -0.25) is 10.1 Å². The number of ether oxygens (including phenoxy) is 1. The second kappa shape index (κ2) is 5.83. The second-order valence-electron chi connectivity index (χ2n) is 4.45. The molecule has 0 saturated heterocycles. The largest absolute Gasteiger partial charge is 0.488 e. The van der Waals surface area contributed by atoms with E-state index in [1.165, 1.54) is 11.3 Å². The SMILES string of the molecule is CCc1nnc(NC(=O)C2=Cc3cc(Cl)ccc3OC2)s1. The maximum absolute atomic E-state index is 12.2. The average Bonchev–Trinajstić information content (AvgIpc) is 2.94. The molecule has 2 aromatic rings. The summed E-state index contributed by atoms with van der Waals surface area (Å²) >= 11 is 7.32. The molecule has 21 heavy (non-hydrogen) atoms. The van der Waals surface area contributed by atoms with Crippen molar-refractivity contribution in [1.82, 2.24) is 10.2 Å². The number of halogens is 1. The van der Waals surface area contributed by atoms with E-state index in [2.05, 4.69) is 15.5 Å². The highest BCUT2D eigenvalue weighted by Gasteiger charge is 2.18. The number of nitrogens with zero attached hydrogens (tertiary/aromatic N) is 2. The van der Waals surface area contributed by atoms with E-state index >= 15 is 0 Å². The van der Waals surface area contributed by atoms with Gasteiger partial charge in [-0.15, -0.1) is 10.2 Å². The van der Waals surface area contributed by atoms with Gasteiger partial charge in [0.05, 0.1) is 5.57 Å². The highest BCUT2D eigenvalue weighted by molar-refractivity contribution is 7.15. The molecule has 1 amide bonds. The number of fused-ring (bicyclic) bond motifs is 1. The van der Waals surface area contributed by atoms with Crippen LogP contribution < -0.4 is 10.1 Å². The van der Waals surface area contributed by atoms with Gasteiger partial charge < -0.3 is 4.74 Å². The van der Waals surface area contributed by atoms with Crippen LogP contribution in [-0.2, 0) is 11.2 Å². The first-order valence-electron chi connectivity index (χ1n) is 6.42. The summed E-state index contributed by atoms with van der Waals surface area (Å²) in [7, 11) is 0. The number of nitrogens with one attached hydrogen (secondary N) is 1. The van der Waals surface area contributed by atoms with Gasteiger partial charge in [-0.2, -0.15) is 0 Å². The quantitative estimate of drug-likeness (QED) is 0.943. The third kappa shape index (κ3) is 3.06. The highest BCUT2D eigenvalue weighted by Crippen LogP contribution is 2.29. The Bertz CT molecular complexity index is 727. The zero-order valence-electron chi connectivity index (χ0n) is 11.2. The number of aromatic nitrogens is 2. The summed E-state index contributed by atoms with van der Waals surface area (Å²) in [5.74, 6) is 0.486. The van der Waals surface area contributed by atoms with E-state index in [1.54, 1.807) is 24.3 Å². The zero-order valence-corrected chi connectivity index (χ0v) is 12.8. The van der Waals surface area contributed by atoms with Crippen LogP contribution in [0, 0.1) is 0 Å². The van der Waals surface area contributed by atoms with Gasteiger partial charge in [-0.25, -0.2) is 0 Å². The van der Waals surface area contributed by atoms with Crippen LogP contribution in [0.4, 0.5) is 5.13 Å². The van der Waals surface area contributed by atoms with Crippen molar-refractivity contribution in [3.8, 4) is 5.75 Å². The van der Waals surface area contributed by atoms with Crippen LogP contribution in [0.1, 0.15) is 17.5 Å². The van der Waals surface area contributed by atoms with Gasteiger partial charge in [0.25, 0.3) is 5.91 Å². The van der Waals surface area contributed by atoms with Crippen molar-refractivity contribution in [2.45, 2.75) is 13.3 Å². The summed E-state index contributed by atoms with van der Waals surface area (Å²) in [5.41, 5.74) is 1.32. The average molecular weight is 322 g/mol. The van der Waals surface area contributed by atoms with Crippen molar-refractivity contribution in [1.29, 1.82) is 0 Å². The number of rotatable bonds is 3. The molecule has 1 aliphatic heterocycles. The Morgan fingerprint density at radius 3 is 3.10 bits per heavy atom. The fourth-order valence-electron chi connectivity index (χ4n) is 1.90. The van der Waals surface area contributed by atoms with E-state index in [1.807, 2.05) is 6.92 Å². The molecular formula is C14H12ClN3O2S. The number of hydrogen-bond acceptors (Lipinski definition) is 5. The number of aryl methyl sites for hydroxylation is 1. The fourth-order valence-corrected chi connectivity index (χ4v) is 2.76. The molecule has 5 nitrogen and oxygen atoms in total. The predicted octanol–water partition coefficient (Wildman–Crippen LogP) is 3.17. The minimum atomic E-state index is -0.237. The minimum Gasteiger partial charge on any atom is -0.488 e. The monoisotopic (exact) mass is 321 g/mol. The van der Waals surface area contributed by atoms with Gasteiger partial charge in [-0.1, -0.05) is 29.9 Å². The molecule has 3 rings (SSSR count). The van der Waals surface area contributed by atoms with Crippen molar-refractivity contribution < 1.29 is 9.53 Å². The second-order valence-corrected chi connectivity index (χ2v) is 5.95. The Hall–Kier alpha value is -1.92. The molecule has 0 radical (unpaired) electrons. The van der Waals surface area contributed by atoms with Gasteiger partial charge >= 0.3 is 0 Å². The molecule has 0 aliphatic carbocycles. The summed E-state index contributed by atoms with van der Waals surface area (Å²) in [4.78, 5) is 12.2. The maximum Gasteiger partial charge on any atom is 0.256 e. The van der Waals surface area contributed by atoms with E-state index in [-0.39, 0.29) is 12.5 Å². The third-order valence-electron chi connectivity index (χ3n) is 2.97. The third-order valence-corrected chi connectivity index (χ3v) is 4.18. The van der Waals surface area contributed by atoms with Crippen molar-refractivity contribution in [2.75, 3.05) is 11.9 Å². The van der Waals surface area contributed by atoms with Gasteiger partial charge in [-0.05, 0) is 30.7 Å². The van der Waals surface area contributed by atoms with Crippen LogP contribution in [0.2, 0.25) is 5.02 Å². The summed E-state index contributed by atoms with van der Waals surface area (Å²) in [6.07, 6.45) is 2.58. The molecule has 1 aromatic carbocycles. The Morgan fingerprint density at radius 2 is 2.33 bits per heavy atom. The summed E-state index contributed by atoms with van der Waals surface area (Å²) < 4.78 is 5.56. The molecule has 1 aliphatic rings. The summed E-state index contributed by atoms with van der Waals surface area (Å²) in [6, 6.07) is 5.32. The molecule has 1 aromatic heterocycles. The number of benzene rings is 1. The van der Waals surface area contributed by atoms with Crippen molar-refractivity contribution in [3.63, 3.8) is 0 Å². The Morgan fingerprint density at radius 1 is 1.48 bits per heavy atom. The van der Waals surface area contributed by atoms with Crippen LogP contribution in [0.5, 0.6) is 5.75 Å². The van der Waals surface area contributed by atoms with Crippen molar-refractivity contribution >= 4 is 40.1 Å². The van der Waals surface area contributed by atoms with Crippen molar-refractivity contribution in [3.05, 3.63) is 39.4 Å². The molecule has 0 atom stereocenters. The molecule has 0 saturated carbocycles. The molecule has 7 heteroatoms. The molecule has 0 spiro atoms. The molecule has 0 fully saturated rings. The lowest BCUT2D eigenvalue weighted by atomic mass is 10.1. The lowest BCUT2D eigenvalue weighted by Crippen LogP contribution is -2.21. The standard InChI is InChI=1S/C14H12ClN3O2S/c1-2-12-17-18-14(21-12)16-13(19)9-5-8-6-10(15)3-4-11(8)20-7-9/h3-6H,2,7H2,1H3,(H,16,18,19). The van der Waals surface area contributed by atoms with E-state index in [4.69, 9.17) is 16.3 Å². The van der Waals surface area contributed by atoms with Gasteiger partial charge in [0.15, 0.2) is 0 Å². The van der Waals surface area contributed by atoms with Crippen LogP contribution in [0.3, 0.4) is 0 Å².